The van der Waals surface area contributed by atoms with Crippen molar-refractivity contribution in [1.82, 2.24) is 10.2 Å². The molecule has 1 aromatic carbocycles. The van der Waals surface area contributed by atoms with Gasteiger partial charge in [0.2, 0.25) is 0 Å². The molecule has 0 bridgehead atoms. The highest BCUT2D eigenvalue weighted by atomic mass is 32.2. The first-order valence-electron chi connectivity index (χ1n) is 7.87. The summed E-state index contributed by atoms with van der Waals surface area (Å²) >= 11 is 0. The molecule has 1 fully saturated rings. The summed E-state index contributed by atoms with van der Waals surface area (Å²) in [6.45, 7) is 1.89. The molecule has 0 aliphatic carbocycles. The molecule has 8 nitrogen and oxygen atoms in total. The van der Waals surface area contributed by atoms with E-state index in [1.807, 2.05) is 0 Å². The molecule has 1 N–H and O–H groups in total. The molecule has 2 heterocycles. The van der Waals surface area contributed by atoms with E-state index >= 15 is 0 Å². The molecule has 3 rings (SSSR count). The van der Waals surface area contributed by atoms with Crippen molar-refractivity contribution in [3.05, 3.63) is 30.3 Å². The van der Waals surface area contributed by atoms with E-state index in [0.29, 0.717) is 5.75 Å². The Balaban J connectivity index is 1.81. The number of nitrogens with one attached hydrogen (secondary N) is 1. The first-order valence-corrected chi connectivity index (χ1v) is 9.35. The Morgan fingerprint density at radius 1 is 1.04 bits per heavy atom. The summed E-state index contributed by atoms with van der Waals surface area (Å²) in [6.07, 6.45) is 2.26. The minimum absolute atomic E-state index is 0.00113. The van der Waals surface area contributed by atoms with Gasteiger partial charge in [-0.25, -0.2) is 8.42 Å². The molecule has 0 amide bonds. The maximum absolute atomic E-state index is 12.6. The lowest BCUT2D eigenvalue weighted by molar-refractivity contribution is 0.386. The van der Waals surface area contributed by atoms with E-state index in [1.54, 1.807) is 18.2 Å². The van der Waals surface area contributed by atoms with Crippen molar-refractivity contribution in [2.45, 2.75) is 17.7 Å². The molecule has 1 aromatic heterocycles. The van der Waals surface area contributed by atoms with E-state index in [2.05, 4.69) is 19.8 Å². The summed E-state index contributed by atoms with van der Waals surface area (Å²) in [5, 5.41) is 8.08. The molecule has 0 atom stereocenters. The zero-order valence-electron chi connectivity index (χ0n) is 14.1. The summed E-state index contributed by atoms with van der Waals surface area (Å²) in [6, 6.07) is 7.86. The van der Waals surface area contributed by atoms with Gasteiger partial charge in [-0.05, 0) is 37.1 Å². The molecular weight excluding hydrogens is 344 g/mol. The number of rotatable bonds is 6. The van der Waals surface area contributed by atoms with Gasteiger partial charge in [-0.2, -0.15) is 0 Å². The van der Waals surface area contributed by atoms with E-state index < -0.39 is 10.0 Å². The van der Waals surface area contributed by atoms with Crippen LogP contribution in [-0.4, -0.2) is 45.9 Å². The number of nitrogens with zero attached hydrogens (tertiary/aromatic N) is 3. The monoisotopic (exact) mass is 364 g/mol. The van der Waals surface area contributed by atoms with Crippen molar-refractivity contribution < 1.29 is 17.9 Å². The highest BCUT2D eigenvalue weighted by Gasteiger charge is 2.21. The number of ether oxygens (including phenoxy) is 2. The van der Waals surface area contributed by atoms with E-state index in [4.69, 9.17) is 9.47 Å². The van der Waals surface area contributed by atoms with Crippen molar-refractivity contribution in [1.29, 1.82) is 0 Å². The van der Waals surface area contributed by atoms with Gasteiger partial charge in [-0.15, -0.1) is 10.2 Å². The first kappa shape index (κ1) is 17.3. The first-order chi connectivity index (χ1) is 12.0. The van der Waals surface area contributed by atoms with E-state index in [1.165, 1.54) is 26.4 Å². The van der Waals surface area contributed by atoms with Gasteiger partial charge < -0.3 is 14.4 Å². The Labute approximate surface area is 146 Å². The Hall–Kier alpha value is -2.55. The predicted octanol–water partition coefficient (Wildman–Crippen LogP) is 1.89. The van der Waals surface area contributed by atoms with Gasteiger partial charge in [-0.3, -0.25) is 4.72 Å². The van der Waals surface area contributed by atoms with Gasteiger partial charge in [0.1, 0.15) is 16.4 Å². The van der Waals surface area contributed by atoms with Crippen LogP contribution in [0.15, 0.2) is 35.2 Å². The van der Waals surface area contributed by atoms with Crippen LogP contribution in [0, 0.1) is 0 Å². The third-order valence-corrected chi connectivity index (χ3v) is 5.37. The fraction of sp³-hybridized carbons (Fsp3) is 0.375. The van der Waals surface area contributed by atoms with Crippen LogP contribution >= 0.6 is 0 Å². The Morgan fingerprint density at radius 3 is 2.40 bits per heavy atom. The number of hydrogen-bond donors (Lipinski definition) is 1. The predicted molar refractivity (Wildman–Crippen MR) is 93.8 cm³/mol. The summed E-state index contributed by atoms with van der Waals surface area (Å²) in [7, 11) is -0.960. The largest absolute Gasteiger partial charge is 0.497 e. The second-order valence-electron chi connectivity index (χ2n) is 5.59. The van der Waals surface area contributed by atoms with Crippen molar-refractivity contribution in [3.63, 3.8) is 0 Å². The molecule has 2 aromatic rings. The summed E-state index contributed by atoms with van der Waals surface area (Å²) in [5.41, 5.74) is 0. The van der Waals surface area contributed by atoms with E-state index in [0.717, 1.165) is 31.7 Å². The van der Waals surface area contributed by atoms with Gasteiger partial charge >= 0.3 is 0 Å². The van der Waals surface area contributed by atoms with Crippen LogP contribution in [0.5, 0.6) is 11.5 Å². The molecule has 0 unspecified atom stereocenters. The van der Waals surface area contributed by atoms with Crippen LogP contribution in [0.3, 0.4) is 0 Å². The average molecular weight is 364 g/mol. The summed E-state index contributed by atoms with van der Waals surface area (Å²) in [4.78, 5) is 2.12. The lowest BCUT2D eigenvalue weighted by Gasteiger charge is -2.16. The van der Waals surface area contributed by atoms with Gasteiger partial charge in [0, 0.05) is 19.2 Å². The molecule has 1 aliphatic rings. The number of benzene rings is 1. The molecule has 25 heavy (non-hydrogen) atoms. The SMILES string of the molecule is COc1ccc(S(=O)(=O)Nc2ccc(N3CCCC3)nn2)c(OC)c1. The van der Waals surface area contributed by atoms with E-state index in [-0.39, 0.29) is 16.5 Å². The van der Waals surface area contributed by atoms with Crippen LogP contribution in [0.25, 0.3) is 0 Å². The Morgan fingerprint density at radius 2 is 1.80 bits per heavy atom. The van der Waals surface area contributed by atoms with Crippen molar-refractivity contribution in [2.75, 3.05) is 36.9 Å². The quantitative estimate of drug-likeness (QED) is 0.836. The van der Waals surface area contributed by atoms with Crippen molar-refractivity contribution in [2.24, 2.45) is 0 Å². The van der Waals surface area contributed by atoms with Gasteiger partial charge in [0.15, 0.2) is 11.6 Å². The fourth-order valence-corrected chi connectivity index (χ4v) is 3.83. The van der Waals surface area contributed by atoms with Crippen molar-refractivity contribution >= 4 is 21.7 Å². The minimum atomic E-state index is -3.86. The second kappa shape index (κ2) is 7.14. The molecule has 134 valence electrons. The summed E-state index contributed by atoms with van der Waals surface area (Å²) in [5.74, 6) is 1.60. The van der Waals surface area contributed by atoms with Crippen LogP contribution in [0.4, 0.5) is 11.6 Å². The third-order valence-electron chi connectivity index (χ3n) is 3.98. The molecule has 0 radical (unpaired) electrons. The standard InChI is InChI=1S/C16H20N4O4S/c1-23-12-5-6-14(13(11-12)24-2)25(21,22)19-15-7-8-16(18-17-15)20-9-3-4-10-20/h5-8,11H,3-4,9-10H2,1-2H3,(H,17,19). The number of hydrogen-bond acceptors (Lipinski definition) is 7. The molecule has 0 spiro atoms. The van der Waals surface area contributed by atoms with E-state index in [9.17, 15) is 8.42 Å². The lowest BCUT2D eigenvalue weighted by atomic mass is 10.3. The highest BCUT2D eigenvalue weighted by molar-refractivity contribution is 7.92. The molecular formula is C16H20N4O4S. The third kappa shape index (κ3) is 3.76. The van der Waals surface area contributed by atoms with Crippen LogP contribution in [0.1, 0.15) is 12.8 Å². The number of aromatic nitrogens is 2. The molecule has 9 heteroatoms. The molecule has 0 saturated carbocycles. The van der Waals surface area contributed by atoms with Crippen molar-refractivity contribution in [3.8, 4) is 11.5 Å². The minimum Gasteiger partial charge on any atom is -0.497 e. The smallest absolute Gasteiger partial charge is 0.266 e. The molecule has 1 aliphatic heterocycles. The zero-order valence-corrected chi connectivity index (χ0v) is 14.9. The Kier molecular flexibility index (Phi) is 4.93. The topological polar surface area (TPSA) is 93.7 Å². The van der Waals surface area contributed by atoms with Crippen LogP contribution in [0.2, 0.25) is 0 Å². The number of sulfonamides is 1. The van der Waals surface area contributed by atoms with Gasteiger partial charge in [0.25, 0.3) is 10.0 Å². The number of anilines is 2. The van der Waals surface area contributed by atoms with Crippen LogP contribution in [-0.2, 0) is 10.0 Å². The lowest BCUT2D eigenvalue weighted by Crippen LogP contribution is -2.20. The maximum Gasteiger partial charge on any atom is 0.266 e. The fourth-order valence-electron chi connectivity index (χ4n) is 2.68. The average Bonchev–Trinajstić information content (AvgIpc) is 3.16. The maximum atomic E-state index is 12.6. The van der Waals surface area contributed by atoms with Gasteiger partial charge in [-0.1, -0.05) is 0 Å². The summed E-state index contributed by atoms with van der Waals surface area (Å²) < 4.78 is 37.9. The van der Waals surface area contributed by atoms with Crippen LogP contribution < -0.4 is 19.1 Å². The zero-order chi connectivity index (χ0) is 17.9. The normalized spacial score (nSPS) is 14.4. The second-order valence-corrected chi connectivity index (χ2v) is 7.24. The molecule has 1 saturated heterocycles. The van der Waals surface area contributed by atoms with Gasteiger partial charge in [0.05, 0.1) is 14.2 Å². The highest BCUT2D eigenvalue weighted by Crippen LogP contribution is 2.29. The number of methoxy groups -OCH3 is 2. The Bertz CT molecular complexity index is 834.